The molecule has 0 unspecified atom stereocenters. The molecular weight excluding hydrogens is 372 g/mol. The number of likely N-dealkylation sites (tertiary alicyclic amines) is 1. The largest absolute Gasteiger partial charge is 0.468 e. The number of thiazole rings is 1. The van der Waals surface area contributed by atoms with Gasteiger partial charge < -0.3 is 9.32 Å². The number of amides is 1. The molecule has 3 heterocycles. The van der Waals surface area contributed by atoms with Gasteiger partial charge in [-0.2, -0.15) is 0 Å². The highest BCUT2D eigenvalue weighted by molar-refractivity contribution is 7.91. The van der Waals surface area contributed by atoms with Crippen LogP contribution in [0.4, 0.5) is 0 Å². The van der Waals surface area contributed by atoms with Crippen LogP contribution < -0.4 is 0 Å². The Morgan fingerprint density at radius 3 is 2.85 bits per heavy atom. The molecule has 3 aromatic rings. The molecule has 8 heteroatoms. The smallest absolute Gasteiger partial charge is 0.253 e. The summed E-state index contributed by atoms with van der Waals surface area (Å²) in [5.74, 6) is 0.166. The summed E-state index contributed by atoms with van der Waals surface area (Å²) in [5, 5.41) is 0.507. The summed E-state index contributed by atoms with van der Waals surface area (Å²) in [6, 6.07) is 8.77. The minimum Gasteiger partial charge on any atom is -0.468 e. The second-order valence-electron chi connectivity index (χ2n) is 6.36. The zero-order chi connectivity index (χ0) is 18.3. The van der Waals surface area contributed by atoms with E-state index in [-0.39, 0.29) is 24.7 Å². The van der Waals surface area contributed by atoms with Gasteiger partial charge in [-0.15, -0.1) is 11.3 Å². The number of rotatable bonds is 5. The first-order valence-corrected chi connectivity index (χ1v) is 10.9. The van der Waals surface area contributed by atoms with Crippen LogP contribution in [0.3, 0.4) is 0 Å². The maximum Gasteiger partial charge on any atom is 0.253 e. The summed E-state index contributed by atoms with van der Waals surface area (Å²) < 4.78 is 30.9. The molecule has 2 aromatic heterocycles. The van der Waals surface area contributed by atoms with Crippen molar-refractivity contribution < 1.29 is 17.6 Å². The lowest BCUT2D eigenvalue weighted by molar-refractivity contribution is 0.0659. The van der Waals surface area contributed by atoms with Gasteiger partial charge in [-0.3, -0.25) is 4.79 Å². The van der Waals surface area contributed by atoms with Crippen molar-refractivity contribution >= 4 is 37.3 Å². The van der Waals surface area contributed by atoms with Crippen LogP contribution in [0.15, 0.2) is 41.0 Å². The van der Waals surface area contributed by atoms with E-state index in [4.69, 9.17) is 4.42 Å². The topological polar surface area (TPSA) is 80.5 Å². The Labute approximate surface area is 155 Å². The second-order valence-corrected chi connectivity index (χ2v) is 9.76. The first-order chi connectivity index (χ1) is 12.5. The maximum atomic E-state index is 12.6. The Bertz CT molecular complexity index is 1050. The van der Waals surface area contributed by atoms with E-state index in [0.717, 1.165) is 21.6 Å². The summed E-state index contributed by atoms with van der Waals surface area (Å²) in [7, 11) is -3.33. The molecule has 136 valence electrons. The highest BCUT2D eigenvalue weighted by Crippen LogP contribution is 2.26. The number of hydrogen-bond acceptors (Lipinski definition) is 6. The Kier molecular flexibility index (Phi) is 4.32. The van der Waals surface area contributed by atoms with Crippen molar-refractivity contribution in [3.63, 3.8) is 0 Å². The SMILES string of the molecule is CCc1nc2ccc(C(=O)N3CC(S(=O)(=O)Cc4ccco4)C3)cc2s1. The zero-order valence-corrected chi connectivity index (χ0v) is 15.8. The van der Waals surface area contributed by atoms with Crippen LogP contribution in [-0.4, -0.2) is 42.5 Å². The molecule has 0 radical (unpaired) electrons. The molecule has 0 N–H and O–H groups in total. The van der Waals surface area contributed by atoms with E-state index in [2.05, 4.69) is 4.98 Å². The fraction of sp³-hybridized carbons (Fsp3) is 0.333. The summed E-state index contributed by atoms with van der Waals surface area (Å²) in [6.45, 7) is 2.50. The van der Waals surface area contributed by atoms with E-state index in [0.29, 0.717) is 11.3 Å². The normalized spacial score (nSPS) is 15.3. The highest BCUT2D eigenvalue weighted by atomic mass is 32.2. The average molecular weight is 390 g/mol. The summed E-state index contributed by atoms with van der Waals surface area (Å²) >= 11 is 1.58. The molecule has 1 aromatic carbocycles. The van der Waals surface area contributed by atoms with E-state index >= 15 is 0 Å². The standard InChI is InChI=1S/C18H18N2O4S2/c1-2-17-19-15-6-5-12(8-16(15)25-17)18(21)20-9-14(10-20)26(22,23)11-13-4-3-7-24-13/h3-8,14H,2,9-11H2,1H3. The van der Waals surface area contributed by atoms with E-state index < -0.39 is 15.1 Å². The van der Waals surface area contributed by atoms with Gasteiger partial charge in [0.15, 0.2) is 9.84 Å². The van der Waals surface area contributed by atoms with Crippen molar-refractivity contribution in [2.75, 3.05) is 13.1 Å². The highest BCUT2D eigenvalue weighted by Gasteiger charge is 2.40. The number of nitrogens with zero attached hydrogens (tertiary/aromatic N) is 2. The third-order valence-electron chi connectivity index (χ3n) is 4.55. The number of carbonyl (C=O) groups excluding carboxylic acids is 1. The number of carbonyl (C=O) groups is 1. The third kappa shape index (κ3) is 3.14. The lowest BCUT2D eigenvalue weighted by Gasteiger charge is -2.38. The summed E-state index contributed by atoms with van der Waals surface area (Å²) in [5.41, 5.74) is 1.47. The van der Waals surface area contributed by atoms with Crippen LogP contribution in [0, 0.1) is 0 Å². The number of aromatic nitrogens is 1. The van der Waals surface area contributed by atoms with Gasteiger partial charge in [-0.25, -0.2) is 13.4 Å². The molecule has 0 bridgehead atoms. The molecule has 1 aliphatic rings. The fourth-order valence-electron chi connectivity index (χ4n) is 2.98. The van der Waals surface area contributed by atoms with Crippen molar-refractivity contribution in [1.82, 2.24) is 9.88 Å². The minimum atomic E-state index is -3.33. The van der Waals surface area contributed by atoms with Gasteiger partial charge in [-0.05, 0) is 36.8 Å². The molecule has 1 amide bonds. The second kappa shape index (κ2) is 6.51. The van der Waals surface area contributed by atoms with Crippen LogP contribution in [0.1, 0.15) is 28.0 Å². The number of benzene rings is 1. The molecule has 1 fully saturated rings. The molecule has 0 saturated carbocycles. The van der Waals surface area contributed by atoms with Crippen molar-refractivity contribution in [2.45, 2.75) is 24.3 Å². The monoisotopic (exact) mass is 390 g/mol. The van der Waals surface area contributed by atoms with Crippen molar-refractivity contribution in [2.24, 2.45) is 0 Å². The minimum absolute atomic E-state index is 0.126. The van der Waals surface area contributed by atoms with Gasteiger partial charge in [0, 0.05) is 18.7 Å². The molecule has 0 aliphatic carbocycles. The maximum absolute atomic E-state index is 12.6. The number of sulfone groups is 1. The Morgan fingerprint density at radius 1 is 1.35 bits per heavy atom. The lowest BCUT2D eigenvalue weighted by Crippen LogP contribution is -2.57. The van der Waals surface area contributed by atoms with Gasteiger partial charge in [-0.1, -0.05) is 6.92 Å². The Morgan fingerprint density at radius 2 is 2.15 bits per heavy atom. The first-order valence-electron chi connectivity index (χ1n) is 8.39. The number of aryl methyl sites for hydroxylation is 1. The molecule has 1 aliphatic heterocycles. The van der Waals surface area contributed by atoms with E-state index in [9.17, 15) is 13.2 Å². The summed E-state index contributed by atoms with van der Waals surface area (Å²) in [6.07, 6.45) is 2.32. The number of hydrogen-bond donors (Lipinski definition) is 0. The predicted molar refractivity (Wildman–Crippen MR) is 100 cm³/mol. The van der Waals surface area contributed by atoms with Crippen molar-refractivity contribution in [3.05, 3.63) is 52.9 Å². The van der Waals surface area contributed by atoms with Crippen LogP contribution in [-0.2, 0) is 22.0 Å². The Hall–Kier alpha value is -2.19. The quantitative estimate of drug-likeness (QED) is 0.669. The van der Waals surface area contributed by atoms with Crippen molar-refractivity contribution in [3.8, 4) is 0 Å². The number of fused-ring (bicyclic) bond motifs is 1. The average Bonchev–Trinajstić information content (AvgIpc) is 3.20. The fourth-order valence-corrected chi connectivity index (χ4v) is 5.54. The van der Waals surface area contributed by atoms with E-state index in [1.165, 1.54) is 6.26 Å². The predicted octanol–water partition coefficient (Wildman–Crippen LogP) is 2.89. The van der Waals surface area contributed by atoms with Crippen LogP contribution in [0.5, 0.6) is 0 Å². The zero-order valence-electron chi connectivity index (χ0n) is 14.2. The molecule has 4 rings (SSSR count). The molecule has 26 heavy (non-hydrogen) atoms. The Balaban J connectivity index is 1.44. The van der Waals surface area contributed by atoms with Crippen LogP contribution >= 0.6 is 11.3 Å². The number of furan rings is 1. The van der Waals surface area contributed by atoms with Gasteiger partial charge in [0.2, 0.25) is 0 Å². The molecule has 0 atom stereocenters. The first kappa shape index (κ1) is 17.2. The third-order valence-corrected chi connectivity index (χ3v) is 7.71. The van der Waals surface area contributed by atoms with E-state index in [1.807, 2.05) is 19.1 Å². The van der Waals surface area contributed by atoms with Gasteiger partial charge >= 0.3 is 0 Å². The molecule has 0 spiro atoms. The van der Waals surface area contributed by atoms with Crippen molar-refractivity contribution in [1.29, 1.82) is 0 Å². The van der Waals surface area contributed by atoms with Crippen LogP contribution in [0.2, 0.25) is 0 Å². The van der Waals surface area contributed by atoms with Crippen LogP contribution in [0.25, 0.3) is 10.2 Å². The van der Waals surface area contributed by atoms with Gasteiger partial charge in [0.25, 0.3) is 5.91 Å². The lowest BCUT2D eigenvalue weighted by atomic mass is 10.1. The van der Waals surface area contributed by atoms with Gasteiger partial charge in [0.05, 0.1) is 26.7 Å². The molecule has 6 nitrogen and oxygen atoms in total. The summed E-state index contributed by atoms with van der Waals surface area (Å²) in [4.78, 5) is 18.7. The molecular formula is C18H18N2O4S2. The van der Waals surface area contributed by atoms with E-state index in [1.54, 1.807) is 34.4 Å². The molecule has 1 saturated heterocycles. The van der Waals surface area contributed by atoms with Gasteiger partial charge in [0.1, 0.15) is 11.5 Å².